The van der Waals surface area contributed by atoms with Gasteiger partial charge >= 0.3 is 0 Å². The fourth-order valence-electron chi connectivity index (χ4n) is 3.35. The van der Waals surface area contributed by atoms with Crippen LogP contribution < -0.4 is 10.6 Å². The summed E-state index contributed by atoms with van der Waals surface area (Å²) >= 11 is 0. The van der Waals surface area contributed by atoms with E-state index in [9.17, 15) is 13.2 Å². The van der Waals surface area contributed by atoms with Gasteiger partial charge in [0.05, 0.1) is 17.2 Å². The summed E-state index contributed by atoms with van der Waals surface area (Å²) in [6.07, 6.45) is 4.35. The molecule has 2 aromatic carbocycles. The van der Waals surface area contributed by atoms with Crippen LogP contribution in [0.2, 0.25) is 0 Å². The van der Waals surface area contributed by atoms with Crippen LogP contribution >= 0.6 is 0 Å². The summed E-state index contributed by atoms with van der Waals surface area (Å²) in [6.45, 7) is 1.33. The van der Waals surface area contributed by atoms with Crippen molar-refractivity contribution >= 4 is 27.4 Å². The molecule has 1 amide bonds. The number of hydrogen-bond acceptors (Lipinski definition) is 7. The monoisotopic (exact) mass is 452 g/mol. The number of anilines is 2. The van der Waals surface area contributed by atoms with Crippen LogP contribution in [0.5, 0.6) is 0 Å². The van der Waals surface area contributed by atoms with Crippen LogP contribution in [0.3, 0.4) is 0 Å². The van der Waals surface area contributed by atoms with Gasteiger partial charge < -0.3 is 15.4 Å². The zero-order valence-electron chi connectivity index (χ0n) is 17.7. The Kier molecular flexibility index (Phi) is 6.48. The van der Waals surface area contributed by atoms with E-state index in [1.807, 2.05) is 18.2 Å². The van der Waals surface area contributed by atoms with Crippen LogP contribution in [0.15, 0.2) is 59.6 Å². The molecule has 3 heterocycles. The second kappa shape index (κ2) is 9.46. The van der Waals surface area contributed by atoms with Crippen molar-refractivity contribution in [2.45, 2.75) is 24.3 Å². The van der Waals surface area contributed by atoms with Gasteiger partial charge in [-0.15, -0.1) is 0 Å². The van der Waals surface area contributed by atoms with E-state index in [0.717, 1.165) is 24.0 Å². The van der Waals surface area contributed by atoms with Gasteiger partial charge in [-0.25, -0.2) is 18.4 Å². The summed E-state index contributed by atoms with van der Waals surface area (Å²) in [6, 6.07) is 14.0. The lowest BCUT2D eigenvalue weighted by Gasteiger charge is -2.11. The van der Waals surface area contributed by atoms with Crippen molar-refractivity contribution < 1.29 is 17.9 Å². The lowest BCUT2D eigenvalue weighted by molar-refractivity contribution is 0.0946. The van der Waals surface area contributed by atoms with Crippen LogP contribution in [-0.4, -0.2) is 43.7 Å². The summed E-state index contributed by atoms with van der Waals surface area (Å²) < 4.78 is 30.1. The maximum Gasteiger partial charge on any atom is 0.251 e. The van der Waals surface area contributed by atoms with E-state index in [4.69, 9.17) is 4.74 Å². The molecule has 2 aliphatic rings. The van der Waals surface area contributed by atoms with Crippen LogP contribution in [0, 0.1) is 0 Å². The topological polar surface area (TPSA) is 110 Å². The van der Waals surface area contributed by atoms with Gasteiger partial charge in [0, 0.05) is 42.4 Å². The molecule has 1 aromatic heterocycles. The van der Waals surface area contributed by atoms with Crippen molar-refractivity contribution in [1.29, 1.82) is 0 Å². The quantitative estimate of drug-likeness (QED) is 0.583. The smallest absolute Gasteiger partial charge is 0.251 e. The van der Waals surface area contributed by atoms with Gasteiger partial charge in [0.1, 0.15) is 0 Å². The molecule has 2 N–H and O–H groups in total. The maximum atomic E-state index is 12.3. The summed E-state index contributed by atoms with van der Waals surface area (Å²) in [4.78, 5) is 21.3. The van der Waals surface area contributed by atoms with Gasteiger partial charge in [-0.1, -0.05) is 12.1 Å². The molecule has 9 heteroatoms. The number of aromatic nitrogens is 2. The van der Waals surface area contributed by atoms with E-state index < -0.39 is 9.84 Å². The molecule has 6 bridgehead atoms. The third-order valence-electron chi connectivity index (χ3n) is 5.02. The standard InChI is InChI=1S/C23H24N4O4S/c1-32(29,30)20-13-16-12-19(14-20)26-23-25-10-8-21(27-23)17-4-6-18(7-5-17)22(28)24-9-2-3-11-31-15-16/h4-8,10,12-14H,2-3,9,11,15H2,1H3,(H,24,28)(H,25,26,27). The molecule has 0 atom stereocenters. The van der Waals surface area contributed by atoms with E-state index in [-0.39, 0.29) is 17.4 Å². The zero-order chi connectivity index (χ0) is 22.6. The Labute approximate surface area is 187 Å². The van der Waals surface area contributed by atoms with Gasteiger partial charge in [-0.05, 0) is 54.8 Å². The fourth-order valence-corrected chi connectivity index (χ4v) is 4.06. The Morgan fingerprint density at radius 2 is 1.78 bits per heavy atom. The lowest BCUT2D eigenvalue weighted by atomic mass is 10.1. The van der Waals surface area contributed by atoms with E-state index in [2.05, 4.69) is 20.6 Å². The summed E-state index contributed by atoms with van der Waals surface area (Å²) in [5.74, 6) is 0.213. The molecular weight excluding hydrogens is 428 g/mol. The van der Waals surface area contributed by atoms with Crippen LogP contribution in [0.1, 0.15) is 28.8 Å². The average molecular weight is 453 g/mol. The highest BCUT2D eigenvalue weighted by atomic mass is 32.2. The summed E-state index contributed by atoms with van der Waals surface area (Å²) in [7, 11) is -3.41. The lowest BCUT2D eigenvalue weighted by Crippen LogP contribution is -2.24. The number of fused-ring (bicyclic) bond motifs is 9. The number of nitrogens with zero attached hydrogens (tertiary/aromatic N) is 2. The molecular formula is C23H24N4O4S. The summed E-state index contributed by atoms with van der Waals surface area (Å²) in [5, 5.41) is 6.01. The normalized spacial score (nSPS) is 15.1. The number of sulfone groups is 1. The zero-order valence-corrected chi connectivity index (χ0v) is 18.5. The number of hydrogen-bond donors (Lipinski definition) is 2. The number of amides is 1. The first-order valence-corrected chi connectivity index (χ1v) is 12.2. The fraction of sp³-hybridized carbons (Fsp3) is 0.261. The number of carbonyl (C=O) groups is 1. The van der Waals surface area contributed by atoms with E-state index in [0.29, 0.717) is 36.0 Å². The molecule has 8 nitrogen and oxygen atoms in total. The molecule has 3 aromatic rings. The van der Waals surface area contributed by atoms with Gasteiger partial charge in [0.2, 0.25) is 5.95 Å². The molecule has 2 aliphatic heterocycles. The predicted octanol–water partition coefficient (Wildman–Crippen LogP) is 3.33. The minimum Gasteiger partial charge on any atom is -0.377 e. The largest absolute Gasteiger partial charge is 0.377 e. The van der Waals surface area contributed by atoms with Crippen molar-refractivity contribution in [3.8, 4) is 11.3 Å². The molecule has 0 saturated carbocycles. The molecule has 0 radical (unpaired) electrons. The number of benzene rings is 2. The molecule has 166 valence electrons. The van der Waals surface area contributed by atoms with Crippen LogP contribution in [0.4, 0.5) is 11.6 Å². The first-order valence-electron chi connectivity index (χ1n) is 10.3. The maximum absolute atomic E-state index is 12.3. The van der Waals surface area contributed by atoms with Gasteiger partial charge in [0.25, 0.3) is 5.91 Å². The molecule has 0 fully saturated rings. The Bertz CT molecular complexity index is 1230. The Balaban J connectivity index is 1.71. The number of nitrogens with one attached hydrogen (secondary N) is 2. The number of carbonyl (C=O) groups excluding carboxylic acids is 1. The second-order valence-corrected chi connectivity index (χ2v) is 9.64. The van der Waals surface area contributed by atoms with Crippen molar-refractivity contribution in [3.63, 3.8) is 0 Å². The highest BCUT2D eigenvalue weighted by Crippen LogP contribution is 2.24. The number of ether oxygens (including phenoxy) is 1. The highest BCUT2D eigenvalue weighted by molar-refractivity contribution is 7.90. The van der Waals surface area contributed by atoms with E-state index in [1.165, 1.54) is 6.26 Å². The average Bonchev–Trinajstić information content (AvgIpc) is 2.77. The molecule has 0 spiro atoms. The van der Waals surface area contributed by atoms with Crippen molar-refractivity contribution in [1.82, 2.24) is 15.3 Å². The summed E-state index contributed by atoms with van der Waals surface area (Å²) in [5.41, 5.74) is 3.39. The molecule has 0 aliphatic carbocycles. The first kappa shape index (κ1) is 21.9. The van der Waals surface area contributed by atoms with Crippen molar-refractivity contribution in [3.05, 3.63) is 65.9 Å². The first-order chi connectivity index (χ1) is 15.4. The highest BCUT2D eigenvalue weighted by Gasteiger charge is 2.13. The minimum absolute atomic E-state index is 0.121. The second-order valence-electron chi connectivity index (χ2n) is 7.62. The van der Waals surface area contributed by atoms with Gasteiger partial charge in [-0.3, -0.25) is 4.79 Å². The number of rotatable bonds is 1. The third-order valence-corrected chi connectivity index (χ3v) is 6.11. The predicted molar refractivity (Wildman–Crippen MR) is 122 cm³/mol. The van der Waals surface area contributed by atoms with E-state index in [1.54, 1.807) is 36.5 Å². The Hall–Kier alpha value is -3.30. The SMILES string of the molecule is CS(=O)(=O)c1cc2cc(c1)Nc1nccc(n1)-c1ccc(cc1)C(=O)NCCCCOC2. The third kappa shape index (κ3) is 5.49. The van der Waals surface area contributed by atoms with Crippen molar-refractivity contribution in [2.75, 3.05) is 24.7 Å². The molecule has 32 heavy (non-hydrogen) atoms. The van der Waals surface area contributed by atoms with Crippen LogP contribution in [-0.2, 0) is 21.2 Å². The van der Waals surface area contributed by atoms with E-state index >= 15 is 0 Å². The minimum atomic E-state index is -3.41. The molecule has 0 saturated heterocycles. The molecule has 5 rings (SSSR count). The van der Waals surface area contributed by atoms with Gasteiger partial charge in [0.15, 0.2) is 9.84 Å². The molecule has 0 unspecified atom stereocenters. The van der Waals surface area contributed by atoms with Gasteiger partial charge in [-0.2, -0.15) is 0 Å². The van der Waals surface area contributed by atoms with Crippen LogP contribution in [0.25, 0.3) is 11.3 Å². The Morgan fingerprint density at radius 3 is 2.56 bits per heavy atom. The van der Waals surface area contributed by atoms with Crippen molar-refractivity contribution in [2.24, 2.45) is 0 Å². The Morgan fingerprint density at radius 1 is 1.00 bits per heavy atom.